The molecule has 0 aliphatic carbocycles. The predicted octanol–water partition coefficient (Wildman–Crippen LogP) is 4.35. The van der Waals surface area contributed by atoms with E-state index in [1.807, 2.05) is 41.2 Å². The summed E-state index contributed by atoms with van der Waals surface area (Å²) in [5.74, 6) is 0.283. The number of aryl methyl sites for hydroxylation is 1. The van der Waals surface area contributed by atoms with Crippen LogP contribution >= 0.6 is 23.1 Å². The van der Waals surface area contributed by atoms with Crippen LogP contribution in [0.2, 0.25) is 0 Å². The van der Waals surface area contributed by atoms with Crippen molar-refractivity contribution in [2.75, 3.05) is 12.0 Å². The Labute approximate surface area is 153 Å². The molecular weight excluding hydrogens is 355 g/mol. The van der Waals surface area contributed by atoms with Gasteiger partial charge in [0.05, 0.1) is 10.2 Å². The number of aromatic nitrogens is 1. The Morgan fingerprint density at radius 1 is 1.28 bits per heavy atom. The van der Waals surface area contributed by atoms with E-state index in [-0.39, 0.29) is 11.7 Å². The Morgan fingerprint density at radius 2 is 2.08 bits per heavy atom. The van der Waals surface area contributed by atoms with Crippen LogP contribution in [0.5, 0.6) is 0 Å². The maximum absolute atomic E-state index is 13.5. The van der Waals surface area contributed by atoms with Gasteiger partial charge in [0.1, 0.15) is 5.82 Å². The number of thioether (sulfide) groups is 1. The molecule has 0 unspecified atom stereocenters. The van der Waals surface area contributed by atoms with Gasteiger partial charge in [0, 0.05) is 18.4 Å². The average Bonchev–Trinajstić information content (AvgIpc) is 2.95. The molecule has 0 saturated heterocycles. The van der Waals surface area contributed by atoms with Crippen molar-refractivity contribution in [3.8, 4) is 0 Å². The molecule has 2 aromatic carbocycles. The third-order valence-electron chi connectivity index (χ3n) is 3.59. The monoisotopic (exact) mass is 372 g/mol. The number of hydrogen-bond acceptors (Lipinski definition) is 3. The summed E-state index contributed by atoms with van der Waals surface area (Å²) < 4.78 is 16.3. The zero-order valence-electron chi connectivity index (χ0n) is 13.7. The fourth-order valence-corrected chi connectivity index (χ4v) is 3.85. The number of fused-ring (bicyclic) bond motifs is 1. The van der Waals surface area contributed by atoms with E-state index in [0.717, 1.165) is 28.1 Å². The number of amides is 1. The van der Waals surface area contributed by atoms with Gasteiger partial charge in [-0.3, -0.25) is 4.79 Å². The van der Waals surface area contributed by atoms with Crippen LogP contribution in [-0.4, -0.2) is 22.5 Å². The molecular formula is C19H17FN2OS2. The summed E-state index contributed by atoms with van der Waals surface area (Å²) in [5.41, 5.74) is 1.85. The number of carbonyl (C=O) groups is 1. The molecule has 25 heavy (non-hydrogen) atoms. The van der Waals surface area contributed by atoms with E-state index in [0.29, 0.717) is 4.80 Å². The zero-order chi connectivity index (χ0) is 17.6. The summed E-state index contributed by atoms with van der Waals surface area (Å²) in [6.07, 6.45) is 5.23. The lowest BCUT2D eigenvalue weighted by molar-refractivity contribution is -0.113. The van der Waals surface area contributed by atoms with E-state index in [2.05, 4.69) is 4.99 Å². The molecule has 3 aromatic rings. The maximum atomic E-state index is 13.5. The number of benzene rings is 2. The van der Waals surface area contributed by atoms with Gasteiger partial charge in [0.2, 0.25) is 0 Å². The van der Waals surface area contributed by atoms with Crippen molar-refractivity contribution in [3.05, 3.63) is 70.8 Å². The standard InChI is InChI=1S/C19H17FN2OS2/c1-24-12-11-22-16-9-8-15(20)13-17(16)25-19(22)21-18(23)10-7-14-5-3-2-4-6-14/h2-10,13H,11-12H2,1H3. The lowest BCUT2D eigenvalue weighted by Gasteiger charge is -2.03. The van der Waals surface area contributed by atoms with Gasteiger partial charge < -0.3 is 4.57 Å². The van der Waals surface area contributed by atoms with Crippen LogP contribution in [0.1, 0.15) is 5.56 Å². The molecule has 3 rings (SSSR count). The predicted molar refractivity (Wildman–Crippen MR) is 104 cm³/mol. The highest BCUT2D eigenvalue weighted by atomic mass is 32.2. The van der Waals surface area contributed by atoms with E-state index < -0.39 is 0 Å². The van der Waals surface area contributed by atoms with Gasteiger partial charge in [0.15, 0.2) is 4.80 Å². The highest BCUT2D eigenvalue weighted by Crippen LogP contribution is 2.19. The largest absolute Gasteiger partial charge is 0.316 e. The van der Waals surface area contributed by atoms with E-state index in [9.17, 15) is 9.18 Å². The average molecular weight is 372 g/mol. The molecule has 3 nitrogen and oxygen atoms in total. The second-order valence-corrected chi connectivity index (χ2v) is 7.33. The molecule has 1 amide bonds. The second kappa shape index (κ2) is 8.27. The number of halogens is 1. The highest BCUT2D eigenvalue weighted by Gasteiger charge is 2.08. The minimum atomic E-state index is -0.325. The van der Waals surface area contributed by atoms with Crippen LogP contribution in [-0.2, 0) is 11.3 Å². The molecule has 0 bridgehead atoms. The van der Waals surface area contributed by atoms with E-state index >= 15 is 0 Å². The molecule has 128 valence electrons. The second-order valence-electron chi connectivity index (χ2n) is 5.34. The molecule has 0 saturated carbocycles. The summed E-state index contributed by atoms with van der Waals surface area (Å²) in [4.78, 5) is 17.0. The number of carbonyl (C=O) groups excluding carboxylic acids is 1. The van der Waals surface area contributed by atoms with Crippen molar-refractivity contribution >= 4 is 45.3 Å². The summed E-state index contributed by atoms with van der Waals surface area (Å²) in [7, 11) is 0. The quantitative estimate of drug-likeness (QED) is 0.624. The van der Waals surface area contributed by atoms with Crippen LogP contribution in [0, 0.1) is 5.82 Å². The van der Waals surface area contributed by atoms with E-state index in [1.54, 1.807) is 23.9 Å². The van der Waals surface area contributed by atoms with Crippen LogP contribution in [0.25, 0.3) is 16.3 Å². The number of rotatable bonds is 5. The SMILES string of the molecule is CSCCn1c(=NC(=O)C=Cc2ccccc2)sc2cc(F)ccc21. The first kappa shape index (κ1) is 17.6. The number of hydrogen-bond donors (Lipinski definition) is 0. The molecule has 0 radical (unpaired) electrons. The normalized spacial score (nSPS) is 12.3. The van der Waals surface area contributed by atoms with Gasteiger partial charge in [-0.2, -0.15) is 16.8 Å². The third-order valence-corrected chi connectivity index (χ3v) is 5.22. The van der Waals surface area contributed by atoms with Gasteiger partial charge in [-0.15, -0.1) is 0 Å². The molecule has 6 heteroatoms. The molecule has 0 spiro atoms. The molecule has 0 aliphatic heterocycles. The van der Waals surface area contributed by atoms with Crippen LogP contribution in [0.15, 0.2) is 59.6 Å². The minimum Gasteiger partial charge on any atom is -0.316 e. The highest BCUT2D eigenvalue weighted by molar-refractivity contribution is 7.98. The summed E-state index contributed by atoms with van der Waals surface area (Å²) in [6.45, 7) is 0.724. The fraction of sp³-hybridized carbons (Fsp3) is 0.158. The van der Waals surface area contributed by atoms with Crippen molar-refractivity contribution < 1.29 is 9.18 Å². The van der Waals surface area contributed by atoms with Crippen molar-refractivity contribution in [1.29, 1.82) is 0 Å². The Kier molecular flexibility index (Phi) is 5.83. The van der Waals surface area contributed by atoms with E-state index in [4.69, 9.17) is 0 Å². The fourth-order valence-electron chi connectivity index (χ4n) is 2.39. The topological polar surface area (TPSA) is 34.4 Å². The minimum absolute atomic E-state index is 0.285. The smallest absolute Gasteiger partial charge is 0.272 e. The van der Waals surface area contributed by atoms with Crippen molar-refractivity contribution in [1.82, 2.24) is 4.57 Å². The van der Waals surface area contributed by atoms with Crippen molar-refractivity contribution in [2.45, 2.75) is 6.54 Å². The first-order valence-electron chi connectivity index (χ1n) is 7.77. The summed E-state index contributed by atoms with van der Waals surface area (Å²) in [5, 5.41) is 0. The molecule has 0 aliphatic rings. The summed E-state index contributed by atoms with van der Waals surface area (Å²) in [6, 6.07) is 14.3. The number of nitrogens with zero attached hydrogens (tertiary/aromatic N) is 2. The molecule has 0 fully saturated rings. The van der Waals surface area contributed by atoms with E-state index in [1.165, 1.54) is 29.5 Å². The van der Waals surface area contributed by atoms with Gasteiger partial charge in [-0.25, -0.2) is 4.39 Å². The third kappa shape index (κ3) is 4.46. The molecule has 1 aromatic heterocycles. The molecule has 1 heterocycles. The lowest BCUT2D eigenvalue weighted by Crippen LogP contribution is -2.17. The lowest BCUT2D eigenvalue weighted by atomic mass is 10.2. The summed E-state index contributed by atoms with van der Waals surface area (Å²) >= 11 is 3.05. The van der Waals surface area contributed by atoms with Gasteiger partial charge in [-0.1, -0.05) is 41.7 Å². The van der Waals surface area contributed by atoms with Crippen LogP contribution < -0.4 is 4.80 Å². The Bertz CT molecular complexity index is 974. The van der Waals surface area contributed by atoms with Gasteiger partial charge >= 0.3 is 0 Å². The van der Waals surface area contributed by atoms with Gasteiger partial charge in [-0.05, 0) is 36.1 Å². The molecule has 0 N–H and O–H groups in total. The van der Waals surface area contributed by atoms with Crippen molar-refractivity contribution in [2.24, 2.45) is 4.99 Å². The Balaban J connectivity index is 1.96. The van der Waals surface area contributed by atoms with Crippen molar-refractivity contribution in [3.63, 3.8) is 0 Å². The van der Waals surface area contributed by atoms with Gasteiger partial charge in [0.25, 0.3) is 5.91 Å². The first-order valence-corrected chi connectivity index (χ1v) is 9.98. The van der Waals surface area contributed by atoms with Crippen LogP contribution in [0.3, 0.4) is 0 Å². The Hall–Kier alpha value is -2.18. The Morgan fingerprint density at radius 3 is 2.84 bits per heavy atom. The molecule has 0 atom stereocenters. The van der Waals surface area contributed by atoms with Crippen LogP contribution in [0.4, 0.5) is 4.39 Å². The maximum Gasteiger partial charge on any atom is 0.272 e. The zero-order valence-corrected chi connectivity index (χ0v) is 15.3. The number of thiazole rings is 1. The first-order chi connectivity index (χ1) is 12.2.